The minimum absolute atomic E-state index is 0.151. The zero-order chi connectivity index (χ0) is 17.6. The third-order valence-electron chi connectivity index (χ3n) is 3.74. The summed E-state index contributed by atoms with van der Waals surface area (Å²) in [6.07, 6.45) is 4.57. The molecule has 2 rings (SSSR count). The van der Waals surface area contributed by atoms with E-state index in [4.69, 9.17) is 5.73 Å². The van der Waals surface area contributed by atoms with E-state index in [9.17, 15) is 8.42 Å². The van der Waals surface area contributed by atoms with Gasteiger partial charge in [-0.1, -0.05) is 12.1 Å². The zero-order valence-corrected chi connectivity index (χ0v) is 15.1. The Morgan fingerprint density at radius 3 is 2.79 bits per heavy atom. The second-order valence-electron chi connectivity index (χ2n) is 6.21. The van der Waals surface area contributed by atoms with Crippen molar-refractivity contribution in [1.29, 1.82) is 0 Å². The lowest BCUT2D eigenvalue weighted by Crippen LogP contribution is -2.41. The first-order valence-electron chi connectivity index (χ1n) is 8.32. The van der Waals surface area contributed by atoms with Crippen LogP contribution in [0.5, 0.6) is 0 Å². The highest BCUT2D eigenvalue weighted by atomic mass is 32.2. The first kappa shape index (κ1) is 18.7. The van der Waals surface area contributed by atoms with Gasteiger partial charge in [-0.3, -0.25) is 4.99 Å². The molecule has 0 aliphatic heterocycles. The van der Waals surface area contributed by atoms with Crippen molar-refractivity contribution in [2.24, 2.45) is 10.7 Å². The van der Waals surface area contributed by atoms with Crippen molar-refractivity contribution in [1.82, 2.24) is 9.44 Å². The van der Waals surface area contributed by atoms with Crippen molar-refractivity contribution >= 4 is 21.9 Å². The Morgan fingerprint density at radius 2 is 2.04 bits per heavy atom. The van der Waals surface area contributed by atoms with Crippen molar-refractivity contribution < 1.29 is 8.42 Å². The molecule has 0 saturated heterocycles. The summed E-state index contributed by atoms with van der Waals surface area (Å²) in [4.78, 5) is 4.18. The number of aryl methyl sites for hydroxylation is 1. The Kier molecular flexibility index (Phi) is 6.59. The Hall–Kier alpha value is -1.64. The molecule has 0 heterocycles. The molecule has 0 unspecified atom stereocenters. The van der Waals surface area contributed by atoms with Crippen LogP contribution in [-0.2, 0) is 23.1 Å². The van der Waals surface area contributed by atoms with Crippen LogP contribution in [0.15, 0.2) is 23.2 Å². The number of nitrogens with two attached hydrogens (primary N) is 1. The van der Waals surface area contributed by atoms with E-state index in [-0.39, 0.29) is 19.1 Å². The van der Waals surface area contributed by atoms with Crippen LogP contribution in [0, 0.1) is 0 Å². The predicted octanol–water partition coefficient (Wildman–Crippen LogP) is 1.12. The molecule has 0 fully saturated rings. The quantitative estimate of drug-likeness (QED) is 0.335. The normalized spacial score (nSPS) is 15.4. The van der Waals surface area contributed by atoms with Gasteiger partial charge in [0, 0.05) is 18.3 Å². The molecule has 1 aromatic carbocycles. The number of rotatable bonds is 7. The van der Waals surface area contributed by atoms with Crippen LogP contribution in [-0.4, -0.2) is 33.5 Å². The van der Waals surface area contributed by atoms with Crippen molar-refractivity contribution in [2.75, 3.05) is 18.4 Å². The van der Waals surface area contributed by atoms with Crippen molar-refractivity contribution in [2.45, 2.75) is 45.6 Å². The number of fused-ring (bicyclic) bond motifs is 1. The Morgan fingerprint density at radius 1 is 1.29 bits per heavy atom. The molecule has 0 atom stereocenters. The molecule has 0 saturated carbocycles. The van der Waals surface area contributed by atoms with E-state index >= 15 is 0 Å². The average molecular weight is 353 g/mol. The summed E-state index contributed by atoms with van der Waals surface area (Å²) in [5, 5.41) is 3.13. The van der Waals surface area contributed by atoms with Crippen LogP contribution in [0.2, 0.25) is 0 Å². The highest BCUT2D eigenvalue weighted by Gasteiger charge is 2.13. The lowest BCUT2D eigenvalue weighted by Gasteiger charge is -2.19. The first-order valence-corrected chi connectivity index (χ1v) is 9.80. The van der Waals surface area contributed by atoms with Gasteiger partial charge in [0.25, 0.3) is 10.2 Å². The van der Waals surface area contributed by atoms with Gasteiger partial charge in [0.2, 0.25) is 0 Å². The average Bonchev–Trinajstić information content (AvgIpc) is 2.51. The second-order valence-corrected chi connectivity index (χ2v) is 7.74. The number of hydrogen-bond donors (Lipinski definition) is 4. The van der Waals surface area contributed by atoms with E-state index in [2.05, 4.69) is 25.8 Å². The molecule has 8 heteroatoms. The third-order valence-corrected chi connectivity index (χ3v) is 5.10. The van der Waals surface area contributed by atoms with Gasteiger partial charge < -0.3 is 11.1 Å². The fourth-order valence-electron chi connectivity index (χ4n) is 2.78. The number of benzene rings is 1. The van der Waals surface area contributed by atoms with Gasteiger partial charge in [0.05, 0.1) is 6.54 Å². The number of guanidine groups is 1. The minimum atomic E-state index is -3.48. The smallest absolute Gasteiger partial charge is 0.277 e. The predicted molar refractivity (Wildman–Crippen MR) is 98.4 cm³/mol. The van der Waals surface area contributed by atoms with Crippen LogP contribution >= 0.6 is 0 Å². The standard InChI is InChI=1S/C16H27N5O2S/c1-12(2)21-24(22,23)19-11-10-18-16(17)20-15-9-5-7-13-6-3-4-8-14(13)15/h5,7,9,12,19,21H,3-4,6,8,10-11H2,1-2H3,(H3,17,18,20). The van der Waals surface area contributed by atoms with E-state index in [1.807, 2.05) is 12.1 Å². The van der Waals surface area contributed by atoms with E-state index in [1.165, 1.54) is 24.0 Å². The van der Waals surface area contributed by atoms with Crippen LogP contribution in [0.1, 0.15) is 37.8 Å². The third kappa shape index (κ3) is 5.77. The second kappa shape index (κ2) is 8.46. The number of aliphatic imine (C=N–C) groups is 1. The molecule has 7 nitrogen and oxygen atoms in total. The van der Waals surface area contributed by atoms with E-state index < -0.39 is 10.2 Å². The van der Waals surface area contributed by atoms with Crippen LogP contribution in [0.25, 0.3) is 0 Å². The highest BCUT2D eigenvalue weighted by molar-refractivity contribution is 7.87. The van der Waals surface area contributed by atoms with Gasteiger partial charge in [-0.2, -0.15) is 13.1 Å². The maximum atomic E-state index is 11.6. The number of nitrogens with one attached hydrogen (secondary N) is 3. The van der Waals surface area contributed by atoms with Crippen LogP contribution in [0.4, 0.5) is 5.69 Å². The van der Waals surface area contributed by atoms with Crippen molar-refractivity contribution in [3.05, 3.63) is 29.3 Å². The SMILES string of the molecule is CC(C)NS(=O)(=O)NCCN=C(N)Nc1cccc2c1CCCC2. The van der Waals surface area contributed by atoms with Gasteiger partial charge in [-0.05, 0) is 56.7 Å². The monoisotopic (exact) mass is 353 g/mol. The molecule has 0 bridgehead atoms. The molecule has 0 aromatic heterocycles. The Labute approximate surface area is 144 Å². The van der Waals surface area contributed by atoms with Gasteiger partial charge in [-0.25, -0.2) is 4.72 Å². The van der Waals surface area contributed by atoms with Crippen molar-refractivity contribution in [3.63, 3.8) is 0 Å². The molecule has 0 spiro atoms. The molecule has 1 aromatic rings. The zero-order valence-electron chi connectivity index (χ0n) is 14.3. The molecule has 1 aliphatic rings. The fourth-order valence-corrected chi connectivity index (χ4v) is 3.85. The van der Waals surface area contributed by atoms with E-state index in [0.29, 0.717) is 5.96 Å². The lowest BCUT2D eigenvalue weighted by atomic mass is 9.90. The fraction of sp³-hybridized carbons (Fsp3) is 0.562. The molecule has 0 amide bonds. The molecule has 0 radical (unpaired) electrons. The number of nitrogens with zero attached hydrogens (tertiary/aromatic N) is 1. The highest BCUT2D eigenvalue weighted by Crippen LogP contribution is 2.27. The largest absolute Gasteiger partial charge is 0.370 e. The molecule has 1 aliphatic carbocycles. The lowest BCUT2D eigenvalue weighted by molar-refractivity contribution is 0.555. The number of hydrogen-bond acceptors (Lipinski definition) is 3. The Balaban J connectivity index is 1.87. The van der Waals surface area contributed by atoms with Crippen LogP contribution < -0.4 is 20.5 Å². The first-order chi connectivity index (χ1) is 11.4. The van der Waals surface area contributed by atoms with Gasteiger partial charge in [-0.15, -0.1) is 0 Å². The topological polar surface area (TPSA) is 109 Å². The summed E-state index contributed by atoms with van der Waals surface area (Å²) in [7, 11) is -3.48. The van der Waals surface area contributed by atoms with Crippen molar-refractivity contribution in [3.8, 4) is 0 Å². The molecular formula is C16H27N5O2S. The summed E-state index contributed by atoms with van der Waals surface area (Å²) in [6.45, 7) is 3.99. The summed E-state index contributed by atoms with van der Waals surface area (Å²) < 4.78 is 28.1. The maximum absolute atomic E-state index is 11.6. The molecule has 24 heavy (non-hydrogen) atoms. The molecule has 134 valence electrons. The van der Waals surface area contributed by atoms with Crippen LogP contribution in [0.3, 0.4) is 0 Å². The summed E-state index contributed by atoms with van der Waals surface area (Å²) in [5.41, 5.74) is 9.59. The Bertz CT molecular complexity index is 686. The maximum Gasteiger partial charge on any atom is 0.277 e. The van der Waals surface area contributed by atoms with Gasteiger partial charge in [0.1, 0.15) is 0 Å². The minimum Gasteiger partial charge on any atom is -0.370 e. The van der Waals surface area contributed by atoms with E-state index in [1.54, 1.807) is 13.8 Å². The van der Waals surface area contributed by atoms with E-state index in [0.717, 1.165) is 18.5 Å². The summed E-state index contributed by atoms with van der Waals surface area (Å²) in [5.74, 6) is 0.296. The van der Waals surface area contributed by atoms with Gasteiger partial charge in [0.15, 0.2) is 5.96 Å². The van der Waals surface area contributed by atoms with Gasteiger partial charge >= 0.3 is 0 Å². The summed E-state index contributed by atoms with van der Waals surface area (Å²) in [6, 6.07) is 6.03. The number of anilines is 1. The summed E-state index contributed by atoms with van der Waals surface area (Å²) >= 11 is 0. The molecular weight excluding hydrogens is 326 g/mol. The molecule has 5 N–H and O–H groups in total.